The number of sulfonamides is 1. The van der Waals surface area contributed by atoms with Gasteiger partial charge < -0.3 is 5.32 Å². The van der Waals surface area contributed by atoms with Crippen LogP contribution in [-0.4, -0.2) is 43.4 Å². The van der Waals surface area contributed by atoms with Crippen LogP contribution in [0.1, 0.15) is 6.92 Å². The first kappa shape index (κ1) is 12.8. The van der Waals surface area contributed by atoms with Gasteiger partial charge in [-0.15, -0.1) is 0 Å². The molecule has 0 radical (unpaired) electrons. The van der Waals surface area contributed by atoms with Crippen molar-refractivity contribution in [3.63, 3.8) is 0 Å². The number of rotatable bonds is 2. The molecule has 1 aromatic rings. The standard InChI is InChI=1S/C10H14ClN3O2S/c1-8-5-12-2-3-14(8)17(15,16)10-4-9(11)6-13-7-10/h4,6-8,12H,2-3,5H2,1H3. The van der Waals surface area contributed by atoms with Crippen LogP contribution in [-0.2, 0) is 10.0 Å². The second-order valence-corrected chi connectivity index (χ2v) is 6.33. The first-order valence-electron chi connectivity index (χ1n) is 5.35. The number of halogens is 1. The second-order valence-electron chi connectivity index (χ2n) is 4.01. The quantitative estimate of drug-likeness (QED) is 0.864. The zero-order chi connectivity index (χ0) is 12.5. The minimum atomic E-state index is -3.49. The molecule has 1 fully saturated rings. The van der Waals surface area contributed by atoms with Crippen LogP contribution in [0.4, 0.5) is 0 Å². The molecule has 7 heteroatoms. The molecule has 0 amide bonds. The second kappa shape index (κ2) is 4.89. The Bertz CT molecular complexity index is 506. The summed E-state index contributed by atoms with van der Waals surface area (Å²) in [7, 11) is -3.49. The van der Waals surface area contributed by atoms with Crippen molar-refractivity contribution in [2.75, 3.05) is 19.6 Å². The van der Waals surface area contributed by atoms with Gasteiger partial charge in [0.05, 0.1) is 5.02 Å². The summed E-state index contributed by atoms with van der Waals surface area (Å²) in [5.74, 6) is 0. The molecule has 2 rings (SSSR count). The van der Waals surface area contributed by atoms with E-state index in [0.29, 0.717) is 24.7 Å². The summed E-state index contributed by atoms with van der Waals surface area (Å²) in [6.45, 7) is 3.67. The maximum atomic E-state index is 12.3. The highest BCUT2D eigenvalue weighted by Crippen LogP contribution is 2.20. The van der Waals surface area contributed by atoms with E-state index in [0.717, 1.165) is 0 Å². The van der Waals surface area contributed by atoms with Crippen molar-refractivity contribution in [3.05, 3.63) is 23.5 Å². The minimum Gasteiger partial charge on any atom is -0.314 e. The van der Waals surface area contributed by atoms with Crippen molar-refractivity contribution in [3.8, 4) is 0 Å². The van der Waals surface area contributed by atoms with Crippen LogP contribution in [0.15, 0.2) is 23.4 Å². The molecule has 0 spiro atoms. The number of piperazine rings is 1. The smallest absolute Gasteiger partial charge is 0.244 e. The zero-order valence-corrected chi connectivity index (χ0v) is 11.0. The van der Waals surface area contributed by atoms with Crippen molar-refractivity contribution in [2.45, 2.75) is 17.9 Å². The summed E-state index contributed by atoms with van der Waals surface area (Å²) in [5, 5.41) is 3.48. The Morgan fingerprint density at radius 2 is 2.29 bits per heavy atom. The van der Waals surface area contributed by atoms with Crippen LogP contribution in [0, 0.1) is 0 Å². The Morgan fingerprint density at radius 3 is 2.94 bits per heavy atom. The highest BCUT2D eigenvalue weighted by Gasteiger charge is 2.31. The molecule has 1 aliphatic heterocycles. The van der Waals surface area contributed by atoms with Gasteiger partial charge in [-0.1, -0.05) is 11.6 Å². The molecule has 1 atom stereocenters. The van der Waals surface area contributed by atoms with E-state index in [4.69, 9.17) is 11.6 Å². The lowest BCUT2D eigenvalue weighted by atomic mass is 10.3. The topological polar surface area (TPSA) is 62.3 Å². The van der Waals surface area contributed by atoms with Crippen LogP contribution in [0.2, 0.25) is 5.02 Å². The van der Waals surface area contributed by atoms with Gasteiger partial charge in [0.25, 0.3) is 0 Å². The van der Waals surface area contributed by atoms with Crippen molar-refractivity contribution < 1.29 is 8.42 Å². The Labute approximate surface area is 106 Å². The third-order valence-corrected chi connectivity index (χ3v) is 4.91. The summed E-state index contributed by atoms with van der Waals surface area (Å²) in [6.07, 6.45) is 2.75. The summed E-state index contributed by atoms with van der Waals surface area (Å²) in [4.78, 5) is 3.97. The molecule has 0 saturated carbocycles. The largest absolute Gasteiger partial charge is 0.314 e. The van der Waals surface area contributed by atoms with E-state index in [2.05, 4.69) is 10.3 Å². The molecule has 1 unspecified atom stereocenters. The number of pyridine rings is 1. The Balaban J connectivity index is 2.35. The summed E-state index contributed by atoms with van der Waals surface area (Å²) >= 11 is 5.77. The van der Waals surface area contributed by atoms with Crippen LogP contribution >= 0.6 is 11.6 Å². The number of aromatic nitrogens is 1. The Morgan fingerprint density at radius 1 is 1.53 bits per heavy atom. The van der Waals surface area contributed by atoms with Crippen molar-refractivity contribution in [2.24, 2.45) is 0 Å². The maximum Gasteiger partial charge on any atom is 0.244 e. The summed E-state index contributed by atoms with van der Waals surface area (Å²) < 4.78 is 26.2. The molecule has 94 valence electrons. The molecule has 17 heavy (non-hydrogen) atoms. The van der Waals surface area contributed by atoms with Crippen molar-refractivity contribution >= 4 is 21.6 Å². The van der Waals surface area contributed by atoms with Crippen LogP contribution < -0.4 is 5.32 Å². The molecule has 1 N–H and O–H groups in total. The molecular formula is C10H14ClN3O2S. The fraction of sp³-hybridized carbons (Fsp3) is 0.500. The fourth-order valence-electron chi connectivity index (χ4n) is 1.85. The Hall–Kier alpha value is -0.690. The van der Waals surface area contributed by atoms with Crippen molar-refractivity contribution in [1.82, 2.24) is 14.6 Å². The van der Waals surface area contributed by atoms with Crippen LogP contribution in [0.3, 0.4) is 0 Å². The zero-order valence-electron chi connectivity index (χ0n) is 9.43. The SMILES string of the molecule is CC1CNCCN1S(=O)(=O)c1cncc(Cl)c1. The first-order valence-corrected chi connectivity index (χ1v) is 7.17. The van der Waals surface area contributed by atoms with E-state index in [-0.39, 0.29) is 10.9 Å². The molecule has 1 saturated heterocycles. The predicted octanol–water partition coefficient (Wildman–Crippen LogP) is 0.717. The van der Waals surface area contributed by atoms with E-state index in [1.807, 2.05) is 6.92 Å². The van der Waals surface area contributed by atoms with Crippen LogP contribution in [0.25, 0.3) is 0 Å². The summed E-state index contributed by atoms with van der Waals surface area (Å²) in [5.41, 5.74) is 0. The lowest BCUT2D eigenvalue weighted by molar-refractivity contribution is 0.284. The number of nitrogens with one attached hydrogen (secondary N) is 1. The predicted molar refractivity (Wildman–Crippen MR) is 65.5 cm³/mol. The van der Waals surface area contributed by atoms with E-state index >= 15 is 0 Å². The third-order valence-electron chi connectivity index (χ3n) is 2.73. The van der Waals surface area contributed by atoms with Gasteiger partial charge in [0.2, 0.25) is 10.0 Å². The lowest BCUT2D eigenvalue weighted by Crippen LogP contribution is -2.52. The lowest BCUT2D eigenvalue weighted by Gasteiger charge is -2.32. The summed E-state index contributed by atoms with van der Waals surface area (Å²) in [6, 6.07) is 1.37. The average Bonchev–Trinajstić information content (AvgIpc) is 2.29. The van der Waals surface area contributed by atoms with E-state index in [1.165, 1.54) is 22.8 Å². The number of hydrogen-bond acceptors (Lipinski definition) is 4. The van der Waals surface area contributed by atoms with E-state index in [9.17, 15) is 8.42 Å². The molecular weight excluding hydrogens is 262 g/mol. The monoisotopic (exact) mass is 275 g/mol. The number of hydrogen-bond donors (Lipinski definition) is 1. The highest BCUT2D eigenvalue weighted by molar-refractivity contribution is 7.89. The van der Waals surface area contributed by atoms with Gasteiger partial charge in [-0.25, -0.2) is 8.42 Å². The fourth-order valence-corrected chi connectivity index (χ4v) is 3.71. The first-order chi connectivity index (χ1) is 8.01. The van der Waals surface area contributed by atoms with E-state index < -0.39 is 10.0 Å². The third kappa shape index (κ3) is 2.60. The van der Waals surface area contributed by atoms with Crippen molar-refractivity contribution in [1.29, 1.82) is 0 Å². The normalized spacial score (nSPS) is 22.6. The van der Waals surface area contributed by atoms with Gasteiger partial charge in [0.15, 0.2) is 0 Å². The van der Waals surface area contributed by atoms with Gasteiger partial charge in [0, 0.05) is 38.1 Å². The van der Waals surface area contributed by atoms with Gasteiger partial charge in [-0.05, 0) is 13.0 Å². The number of nitrogens with zero attached hydrogens (tertiary/aromatic N) is 2. The molecule has 1 aliphatic rings. The van der Waals surface area contributed by atoms with Gasteiger partial charge in [-0.2, -0.15) is 4.31 Å². The van der Waals surface area contributed by atoms with Gasteiger partial charge in [0.1, 0.15) is 4.90 Å². The average molecular weight is 276 g/mol. The van der Waals surface area contributed by atoms with Gasteiger partial charge in [-0.3, -0.25) is 4.98 Å². The molecule has 0 aromatic carbocycles. The Kier molecular flexibility index (Phi) is 3.67. The molecule has 0 bridgehead atoms. The van der Waals surface area contributed by atoms with E-state index in [1.54, 1.807) is 0 Å². The minimum absolute atomic E-state index is 0.0623. The molecule has 5 nitrogen and oxygen atoms in total. The molecule has 0 aliphatic carbocycles. The highest BCUT2D eigenvalue weighted by atomic mass is 35.5. The maximum absolute atomic E-state index is 12.3. The van der Waals surface area contributed by atoms with Crippen LogP contribution in [0.5, 0.6) is 0 Å². The molecule has 1 aromatic heterocycles. The molecule has 2 heterocycles. The van der Waals surface area contributed by atoms with Gasteiger partial charge >= 0.3 is 0 Å².